The van der Waals surface area contributed by atoms with Crippen molar-refractivity contribution in [2.45, 2.75) is 39.2 Å². The van der Waals surface area contributed by atoms with Gasteiger partial charge in [0.1, 0.15) is 5.82 Å². The van der Waals surface area contributed by atoms with Crippen LogP contribution in [0.2, 0.25) is 0 Å². The van der Waals surface area contributed by atoms with E-state index in [0.29, 0.717) is 24.0 Å². The van der Waals surface area contributed by atoms with Crippen molar-refractivity contribution in [2.24, 2.45) is 11.7 Å². The van der Waals surface area contributed by atoms with Crippen molar-refractivity contribution in [1.82, 2.24) is 9.78 Å². The maximum Gasteiger partial charge on any atom is 0.145 e. The molecule has 0 aromatic carbocycles. The van der Waals surface area contributed by atoms with Crippen molar-refractivity contribution in [1.29, 1.82) is 0 Å². The summed E-state index contributed by atoms with van der Waals surface area (Å²) in [6.45, 7) is 7.09. The number of anilines is 2. The van der Waals surface area contributed by atoms with Gasteiger partial charge in [0.25, 0.3) is 0 Å². The first-order valence-electron chi connectivity index (χ1n) is 5.68. The molecule has 0 spiro atoms. The smallest absolute Gasteiger partial charge is 0.145 e. The molecule has 6 N–H and O–H groups in total. The summed E-state index contributed by atoms with van der Waals surface area (Å²) in [5.41, 5.74) is 17.6. The average molecular weight is 225 g/mol. The lowest BCUT2D eigenvalue weighted by Gasteiger charge is -2.27. The average Bonchev–Trinajstić information content (AvgIpc) is 2.57. The second-order valence-corrected chi connectivity index (χ2v) is 5.09. The number of hydrogen-bond acceptors (Lipinski definition) is 4. The highest BCUT2D eigenvalue weighted by molar-refractivity contribution is 5.57. The third-order valence-electron chi connectivity index (χ3n) is 3.06. The van der Waals surface area contributed by atoms with Gasteiger partial charge in [0, 0.05) is 0 Å². The molecule has 0 aliphatic carbocycles. The van der Waals surface area contributed by atoms with Crippen molar-refractivity contribution in [3.05, 3.63) is 6.20 Å². The molecule has 0 amide bonds. The molecule has 16 heavy (non-hydrogen) atoms. The minimum Gasteiger partial charge on any atom is -0.394 e. The summed E-state index contributed by atoms with van der Waals surface area (Å²) in [5, 5.41) is 4.23. The molecule has 0 saturated carbocycles. The molecule has 0 fully saturated rings. The van der Waals surface area contributed by atoms with Crippen LogP contribution in [0.3, 0.4) is 0 Å². The van der Waals surface area contributed by atoms with Crippen LogP contribution in [-0.4, -0.2) is 16.3 Å². The van der Waals surface area contributed by atoms with Crippen LogP contribution >= 0.6 is 0 Å². The van der Waals surface area contributed by atoms with Crippen molar-refractivity contribution in [3.63, 3.8) is 0 Å². The molecular formula is C11H23N5. The molecule has 0 saturated heterocycles. The number of nitrogen functional groups attached to an aromatic ring is 2. The molecule has 1 rings (SSSR count). The predicted octanol–water partition coefficient (Wildman–Crippen LogP) is 1.16. The monoisotopic (exact) mass is 225 g/mol. The zero-order valence-electron chi connectivity index (χ0n) is 10.4. The van der Waals surface area contributed by atoms with Gasteiger partial charge >= 0.3 is 0 Å². The lowest BCUT2D eigenvalue weighted by atomic mass is 9.93. The van der Waals surface area contributed by atoms with Gasteiger partial charge in [0.05, 0.1) is 17.4 Å². The first-order chi connectivity index (χ1) is 7.38. The molecule has 1 unspecified atom stereocenters. The Bertz CT molecular complexity index is 342. The zero-order valence-corrected chi connectivity index (χ0v) is 10.4. The van der Waals surface area contributed by atoms with E-state index in [-0.39, 0.29) is 5.54 Å². The van der Waals surface area contributed by atoms with Gasteiger partial charge in [-0.25, -0.2) is 4.68 Å². The number of nitrogens with two attached hydrogens (primary N) is 3. The zero-order chi connectivity index (χ0) is 12.3. The summed E-state index contributed by atoms with van der Waals surface area (Å²) in [6.07, 6.45) is 3.64. The number of aromatic nitrogens is 2. The van der Waals surface area contributed by atoms with Gasteiger partial charge < -0.3 is 17.2 Å². The Morgan fingerprint density at radius 3 is 2.50 bits per heavy atom. The second-order valence-electron chi connectivity index (χ2n) is 5.09. The molecule has 92 valence electrons. The standard InChI is InChI=1S/C11H23N5/c1-8(6-12)4-5-11(2,3)16-10(14)9(13)7-15-16/h7-8H,4-6,12-14H2,1-3H3. The Morgan fingerprint density at radius 2 is 2.06 bits per heavy atom. The highest BCUT2D eigenvalue weighted by atomic mass is 15.3. The van der Waals surface area contributed by atoms with Gasteiger partial charge in [0.2, 0.25) is 0 Å². The quantitative estimate of drug-likeness (QED) is 0.700. The van der Waals surface area contributed by atoms with Gasteiger partial charge in [0.15, 0.2) is 0 Å². The van der Waals surface area contributed by atoms with Crippen molar-refractivity contribution in [3.8, 4) is 0 Å². The third-order valence-corrected chi connectivity index (χ3v) is 3.06. The van der Waals surface area contributed by atoms with Crippen molar-refractivity contribution in [2.75, 3.05) is 18.0 Å². The Balaban J connectivity index is 2.73. The molecule has 0 aliphatic rings. The van der Waals surface area contributed by atoms with Crippen LogP contribution in [-0.2, 0) is 5.54 Å². The molecule has 0 radical (unpaired) electrons. The third kappa shape index (κ3) is 2.66. The van der Waals surface area contributed by atoms with Crippen molar-refractivity contribution < 1.29 is 0 Å². The van der Waals surface area contributed by atoms with Gasteiger partial charge in [-0.2, -0.15) is 5.10 Å². The summed E-state index contributed by atoms with van der Waals surface area (Å²) >= 11 is 0. The van der Waals surface area contributed by atoms with E-state index in [1.165, 1.54) is 0 Å². The van der Waals surface area contributed by atoms with E-state index in [2.05, 4.69) is 25.9 Å². The van der Waals surface area contributed by atoms with E-state index in [1.54, 1.807) is 10.9 Å². The van der Waals surface area contributed by atoms with Crippen LogP contribution in [0.25, 0.3) is 0 Å². The van der Waals surface area contributed by atoms with E-state index in [0.717, 1.165) is 12.8 Å². The van der Waals surface area contributed by atoms with Crippen LogP contribution in [0, 0.1) is 5.92 Å². The molecule has 5 heteroatoms. The fourth-order valence-electron chi connectivity index (χ4n) is 1.68. The van der Waals surface area contributed by atoms with Gasteiger partial charge in [-0.3, -0.25) is 0 Å². The molecule has 5 nitrogen and oxygen atoms in total. The lowest BCUT2D eigenvalue weighted by molar-refractivity contribution is 0.275. The summed E-state index contributed by atoms with van der Waals surface area (Å²) in [5.74, 6) is 1.07. The number of hydrogen-bond donors (Lipinski definition) is 3. The van der Waals surface area contributed by atoms with Crippen LogP contribution in [0.5, 0.6) is 0 Å². The molecule has 0 bridgehead atoms. The van der Waals surface area contributed by atoms with E-state index in [1.807, 2.05) is 0 Å². The topological polar surface area (TPSA) is 95.9 Å². The molecule has 0 aliphatic heterocycles. The van der Waals surface area contributed by atoms with Crippen LogP contribution in [0.15, 0.2) is 6.20 Å². The number of rotatable bonds is 5. The summed E-state index contributed by atoms with van der Waals surface area (Å²) < 4.78 is 1.80. The predicted molar refractivity (Wildman–Crippen MR) is 67.8 cm³/mol. The first kappa shape index (κ1) is 12.8. The molecular weight excluding hydrogens is 202 g/mol. The Morgan fingerprint density at radius 1 is 1.44 bits per heavy atom. The summed E-state index contributed by atoms with van der Waals surface area (Å²) in [4.78, 5) is 0. The fourth-order valence-corrected chi connectivity index (χ4v) is 1.68. The Hall–Kier alpha value is -1.23. The normalized spacial score (nSPS) is 14.0. The van der Waals surface area contributed by atoms with E-state index < -0.39 is 0 Å². The van der Waals surface area contributed by atoms with Crippen LogP contribution < -0.4 is 17.2 Å². The highest BCUT2D eigenvalue weighted by Gasteiger charge is 2.24. The summed E-state index contributed by atoms with van der Waals surface area (Å²) in [6, 6.07) is 0. The maximum absolute atomic E-state index is 5.88. The minimum atomic E-state index is -0.120. The van der Waals surface area contributed by atoms with Gasteiger partial charge in [-0.05, 0) is 39.2 Å². The molecule has 1 aromatic heterocycles. The molecule has 1 aromatic rings. The fraction of sp³-hybridized carbons (Fsp3) is 0.727. The highest BCUT2D eigenvalue weighted by Crippen LogP contribution is 2.28. The van der Waals surface area contributed by atoms with Crippen LogP contribution in [0.1, 0.15) is 33.6 Å². The number of nitrogens with zero attached hydrogens (tertiary/aromatic N) is 2. The second kappa shape index (κ2) is 4.74. The molecule has 1 atom stereocenters. The molecule has 1 heterocycles. The summed E-state index contributed by atoms with van der Waals surface area (Å²) in [7, 11) is 0. The van der Waals surface area contributed by atoms with E-state index in [9.17, 15) is 0 Å². The van der Waals surface area contributed by atoms with Gasteiger partial charge in [-0.15, -0.1) is 0 Å². The first-order valence-corrected chi connectivity index (χ1v) is 5.68. The van der Waals surface area contributed by atoms with E-state index in [4.69, 9.17) is 17.2 Å². The maximum atomic E-state index is 5.88. The minimum absolute atomic E-state index is 0.120. The van der Waals surface area contributed by atoms with Crippen LogP contribution in [0.4, 0.5) is 11.5 Å². The Labute approximate surface area is 97.0 Å². The van der Waals surface area contributed by atoms with Gasteiger partial charge in [-0.1, -0.05) is 6.92 Å². The van der Waals surface area contributed by atoms with Crippen molar-refractivity contribution >= 4 is 11.5 Å². The largest absolute Gasteiger partial charge is 0.394 e. The van der Waals surface area contributed by atoms with E-state index >= 15 is 0 Å². The SMILES string of the molecule is CC(CN)CCC(C)(C)n1ncc(N)c1N. The lowest BCUT2D eigenvalue weighted by Crippen LogP contribution is -2.30. The Kier molecular flexibility index (Phi) is 3.80.